The van der Waals surface area contributed by atoms with Crippen LogP contribution in [-0.4, -0.2) is 19.6 Å². The van der Waals surface area contributed by atoms with Crippen LogP contribution in [0, 0.1) is 5.92 Å². The number of hydrogen-bond acceptors (Lipinski definition) is 0. The lowest BCUT2D eigenvalue weighted by Gasteiger charge is -2.16. The van der Waals surface area contributed by atoms with Crippen molar-refractivity contribution in [1.29, 1.82) is 0 Å². The minimum Gasteiger partial charge on any atom is -0.335 e. The quantitative estimate of drug-likeness (QED) is 0.567. The third-order valence-corrected chi connectivity index (χ3v) is 1.70. The van der Waals surface area contributed by atoms with E-state index >= 15 is 0 Å². The topological polar surface area (TPSA) is 4.44 Å². The molecule has 0 aromatic carbocycles. The molecule has 0 amide bonds. The van der Waals surface area contributed by atoms with Crippen LogP contribution >= 0.6 is 0 Å². The zero-order valence-electron chi connectivity index (χ0n) is 7.20. The highest BCUT2D eigenvalue weighted by molar-refractivity contribution is 4.36. The summed E-state index contributed by atoms with van der Waals surface area (Å²) >= 11 is 0. The van der Waals surface area contributed by atoms with Crippen LogP contribution in [-0.2, 0) is 0 Å². The van der Waals surface area contributed by atoms with Crippen LogP contribution in [0.25, 0.3) is 0 Å². The molecule has 1 nitrogen and oxygen atoms in total. The summed E-state index contributed by atoms with van der Waals surface area (Å²) in [5, 5.41) is 0. The summed E-state index contributed by atoms with van der Waals surface area (Å²) in [6, 6.07) is 0. The summed E-state index contributed by atoms with van der Waals surface area (Å²) in [6.07, 6.45) is 0. The van der Waals surface area contributed by atoms with Crippen LogP contribution in [0.2, 0.25) is 0 Å². The van der Waals surface area contributed by atoms with Gasteiger partial charge in [-0.15, -0.1) is 0 Å². The van der Waals surface area contributed by atoms with Gasteiger partial charge in [-0.1, -0.05) is 13.8 Å². The largest absolute Gasteiger partial charge is 0.335 e. The molecule has 0 radical (unpaired) electrons. The second kappa shape index (κ2) is 4.80. The van der Waals surface area contributed by atoms with Crippen molar-refractivity contribution in [2.24, 2.45) is 5.92 Å². The zero-order valence-corrected chi connectivity index (χ0v) is 7.20. The molecule has 0 aromatic rings. The monoisotopic (exact) mass is 130 g/mol. The van der Waals surface area contributed by atoms with Crippen molar-refractivity contribution >= 4 is 0 Å². The van der Waals surface area contributed by atoms with Crippen molar-refractivity contribution in [3.63, 3.8) is 0 Å². The Morgan fingerprint density at radius 3 is 1.67 bits per heavy atom. The fourth-order valence-corrected chi connectivity index (χ4v) is 1.12. The Morgan fingerprint density at radius 2 is 1.56 bits per heavy atom. The first-order valence-corrected chi connectivity index (χ1v) is 4.04. The average molecular weight is 130 g/mol. The molecule has 0 aliphatic heterocycles. The number of hydrogen-bond donors (Lipinski definition) is 1. The highest BCUT2D eigenvalue weighted by Gasteiger charge is 2.03. The molecule has 0 aliphatic carbocycles. The van der Waals surface area contributed by atoms with Gasteiger partial charge in [0.15, 0.2) is 0 Å². The molecule has 0 rings (SSSR count). The summed E-state index contributed by atoms with van der Waals surface area (Å²) in [4.78, 5) is 1.71. The molecule has 56 valence electrons. The molecule has 0 saturated heterocycles. The minimum atomic E-state index is 0.847. The SMILES string of the molecule is CC[NH+](CC)CC(C)C. The lowest BCUT2D eigenvalue weighted by atomic mass is 10.2. The first-order valence-electron chi connectivity index (χ1n) is 4.04. The fraction of sp³-hybridized carbons (Fsp3) is 1.00. The van der Waals surface area contributed by atoms with Crippen molar-refractivity contribution < 1.29 is 4.90 Å². The number of rotatable bonds is 4. The van der Waals surface area contributed by atoms with Crippen LogP contribution in [0.4, 0.5) is 0 Å². The van der Waals surface area contributed by atoms with Gasteiger partial charge in [0.2, 0.25) is 0 Å². The molecule has 0 bridgehead atoms. The molecule has 0 aliphatic rings. The molecule has 0 spiro atoms. The Bertz CT molecular complexity index is 55.6. The fourth-order valence-electron chi connectivity index (χ4n) is 1.12. The summed E-state index contributed by atoms with van der Waals surface area (Å²) in [5.74, 6) is 0.847. The van der Waals surface area contributed by atoms with E-state index < -0.39 is 0 Å². The molecule has 0 heterocycles. The van der Waals surface area contributed by atoms with Crippen LogP contribution in [0.1, 0.15) is 27.7 Å². The van der Waals surface area contributed by atoms with Gasteiger partial charge in [-0.3, -0.25) is 0 Å². The molecule has 1 N–H and O–H groups in total. The highest BCUT2D eigenvalue weighted by Crippen LogP contribution is 1.82. The molecule has 0 saturated carbocycles. The Labute approximate surface area is 59.1 Å². The standard InChI is InChI=1S/C8H19N/c1-5-9(6-2)7-8(3)4/h8H,5-7H2,1-4H3/p+1. The van der Waals surface area contributed by atoms with E-state index in [1.54, 1.807) is 4.90 Å². The lowest BCUT2D eigenvalue weighted by molar-refractivity contribution is -0.899. The Morgan fingerprint density at radius 1 is 1.11 bits per heavy atom. The van der Waals surface area contributed by atoms with Gasteiger partial charge >= 0.3 is 0 Å². The second-order valence-electron chi connectivity index (χ2n) is 3.06. The van der Waals surface area contributed by atoms with Crippen molar-refractivity contribution in [2.45, 2.75) is 27.7 Å². The van der Waals surface area contributed by atoms with Gasteiger partial charge in [0, 0.05) is 5.92 Å². The van der Waals surface area contributed by atoms with Crippen molar-refractivity contribution in [1.82, 2.24) is 0 Å². The Balaban J connectivity index is 3.31. The first-order chi connectivity index (χ1) is 4.20. The zero-order chi connectivity index (χ0) is 7.28. The van der Waals surface area contributed by atoms with E-state index in [1.165, 1.54) is 19.6 Å². The van der Waals surface area contributed by atoms with Gasteiger partial charge in [0.1, 0.15) is 0 Å². The van der Waals surface area contributed by atoms with Gasteiger partial charge in [0.05, 0.1) is 19.6 Å². The van der Waals surface area contributed by atoms with Crippen molar-refractivity contribution in [2.75, 3.05) is 19.6 Å². The molecular weight excluding hydrogens is 110 g/mol. The van der Waals surface area contributed by atoms with Gasteiger partial charge in [-0.25, -0.2) is 0 Å². The van der Waals surface area contributed by atoms with E-state index in [1.807, 2.05) is 0 Å². The maximum Gasteiger partial charge on any atom is 0.0794 e. The van der Waals surface area contributed by atoms with Crippen molar-refractivity contribution in [3.05, 3.63) is 0 Å². The van der Waals surface area contributed by atoms with E-state index in [2.05, 4.69) is 27.7 Å². The van der Waals surface area contributed by atoms with E-state index in [0.29, 0.717) is 0 Å². The molecular formula is C8H20N+. The molecule has 1 heteroatoms. The molecule has 0 unspecified atom stereocenters. The van der Waals surface area contributed by atoms with Gasteiger partial charge < -0.3 is 4.90 Å². The average Bonchev–Trinajstić information content (AvgIpc) is 1.82. The van der Waals surface area contributed by atoms with Crippen LogP contribution in [0.5, 0.6) is 0 Å². The summed E-state index contributed by atoms with van der Waals surface area (Å²) < 4.78 is 0. The highest BCUT2D eigenvalue weighted by atomic mass is 15.1. The smallest absolute Gasteiger partial charge is 0.0794 e. The predicted molar refractivity (Wildman–Crippen MR) is 41.7 cm³/mol. The molecule has 0 fully saturated rings. The van der Waals surface area contributed by atoms with Gasteiger partial charge in [0.25, 0.3) is 0 Å². The maximum absolute atomic E-state index is 2.28. The van der Waals surface area contributed by atoms with Crippen LogP contribution < -0.4 is 4.90 Å². The lowest BCUT2D eigenvalue weighted by Crippen LogP contribution is -3.11. The first kappa shape index (κ1) is 8.96. The normalized spacial score (nSPS) is 11.3. The van der Waals surface area contributed by atoms with E-state index in [9.17, 15) is 0 Å². The van der Waals surface area contributed by atoms with Crippen LogP contribution in [0.3, 0.4) is 0 Å². The third-order valence-electron chi connectivity index (χ3n) is 1.70. The van der Waals surface area contributed by atoms with Gasteiger partial charge in [-0.05, 0) is 13.8 Å². The predicted octanol–water partition coefficient (Wildman–Crippen LogP) is 0.567. The Kier molecular flexibility index (Phi) is 4.78. The number of quaternary nitrogens is 1. The summed E-state index contributed by atoms with van der Waals surface area (Å²) in [6.45, 7) is 12.9. The van der Waals surface area contributed by atoms with E-state index in [-0.39, 0.29) is 0 Å². The third kappa shape index (κ3) is 4.46. The maximum atomic E-state index is 2.28. The minimum absolute atomic E-state index is 0.847. The summed E-state index contributed by atoms with van der Waals surface area (Å²) in [5.41, 5.74) is 0. The van der Waals surface area contributed by atoms with E-state index in [0.717, 1.165) is 5.92 Å². The molecule has 0 aromatic heterocycles. The van der Waals surface area contributed by atoms with Gasteiger partial charge in [-0.2, -0.15) is 0 Å². The summed E-state index contributed by atoms with van der Waals surface area (Å²) in [7, 11) is 0. The molecule has 9 heavy (non-hydrogen) atoms. The van der Waals surface area contributed by atoms with Crippen molar-refractivity contribution in [3.8, 4) is 0 Å². The second-order valence-corrected chi connectivity index (χ2v) is 3.06. The van der Waals surface area contributed by atoms with E-state index in [4.69, 9.17) is 0 Å². The van der Waals surface area contributed by atoms with Crippen LogP contribution in [0.15, 0.2) is 0 Å². The molecule has 0 atom stereocenters. The Hall–Kier alpha value is -0.0400. The number of nitrogens with one attached hydrogen (secondary N) is 1.